The maximum atomic E-state index is 10.5. The average molecular weight is 264 g/mol. The quantitative estimate of drug-likeness (QED) is 0.682. The van der Waals surface area contributed by atoms with Crippen molar-refractivity contribution < 1.29 is 28.0 Å². The SMILES string of the molecule is [Cl-].[NH3+]CC(CCC(=O)O)c1ccc(Cl)cc1. The van der Waals surface area contributed by atoms with E-state index in [9.17, 15) is 4.79 Å². The number of carboxylic acids is 1. The number of quaternary nitrogens is 1. The maximum Gasteiger partial charge on any atom is 0.303 e. The van der Waals surface area contributed by atoms with Gasteiger partial charge in [0.05, 0.1) is 6.54 Å². The number of hydrogen-bond acceptors (Lipinski definition) is 1. The standard InChI is InChI=1S/C11H14ClNO2.ClH/c12-10-4-1-8(2-5-10)9(7-13)3-6-11(14)15;/h1-2,4-5,9H,3,6-7,13H2,(H,14,15);1H. The molecule has 1 rings (SSSR count). The summed E-state index contributed by atoms with van der Waals surface area (Å²) in [7, 11) is 0. The molecule has 0 aromatic heterocycles. The van der Waals surface area contributed by atoms with E-state index in [4.69, 9.17) is 16.7 Å². The Balaban J connectivity index is 0.00000225. The van der Waals surface area contributed by atoms with E-state index in [2.05, 4.69) is 5.73 Å². The molecule has 90 valence electrons. The fourth-order valence-electron chi connectivity index (χ4n) is 1.51. The average Bonchev–Trinajstić information content (AvgIpc) is 2.21. The van der Waals surface area contributed by atoms with Gasteiger partial charge in [0.15, 0.2) is 0 Å². The largest absolute Gasteiger partial charge is 1.00 e. The smallest absolute Gasteiger partial charge is 0.303 e. The van der Waals surface area contributed by atoms with Crippen molar-refractivity contribution >= 4 is 17.6 Å². The van der Waals surface area contributed by atoms with E-state index >= 15 is 0 Å². The fourth-order valence-corrected chi connectivity index (χ4v) is 1.64. The zero-order valence-corrected chi connectivity index (χ0v) is 10.3. The van der Waals surface area contributed by atoms with E-state index in [0.29, 0.717) is 18.0 Å². The van der Waals surface area contributed by atoms with Crippen LogP contribution in [0.3, 0.4) is 0 Å². The van der Waals surface area contributed by atoms with Gasteiger partial charge in [0.25, 0.3) is 0 Å². The lowest BCUT2D eigenvalue weighted by atomic mass is 9.94. The molecule has 16 heavy (non-hydrogen) atoms. The minimum Gasteiger partial charge on any atom is -1.00 e. The number of carbonyl (C=O) groups is 1. The fraction of sp³-hybridized carbons (Fsp3) is 0.364. The number of carboxylic acid groups (broad SMARTS) is 1. The van der Waals surface area contributed by atoms with Gasteiger partial charge in [0.2, 0.25) is 0 Å². The third kappa shape index (κ3) is 4.84. The van der Waals surface area contributed by atoms with E-state index in [1.54, 1.807) is 0 Å². The zero-order valence-electron chi connectivity index (χ0n) is 8.83. The Labute approximate surface area is 106 Å². The van der Waals surface area contributed by atoms with Crippen LogP contribution in [0.15, 0.2) is 24.3 Å². The summed E-state index contributed by atoms with van der Waals surface area (Å²) in [5, 5.41) is 9.30. The van der Waals surface area contributed by atoms with Crippen LogP contribution in [0.5, 0.6) is 0 Å². The summed E-state index contributed by atoms with van der Waals surface area (Å²) in [5.41, 5.74) is 4.94. The van der Waals surface area contributed by atoms with Crippen LogP contribution in [0, 0.1) is 0 Å². The molecule has 0 bridgehead atoms. The van der Waals surface area contributed by atoms with Gasteiger partial charge >= 0.3 is 5.97 Å². The van der Waals surface area contributed by atoms with Gasteiger partial charge in [-0.2, -0.15) is 0 Å². The van der Waals surface area contributed by atoms with Crippen molar-refractivity contribution in [2.75, 3.05) is 6.54 Å². The van der Waals surface area contributed by atoms with E-state index in [0.717, 1.165) is 5.56 Å². The molecule has 0 aliphatic carbocycles. The lowest BCUT2D eigenvalue weighted by Gasteiger charge is -2.11. The topological polar surface area (TPSA) is 64.9 Å². The van der Waals surface area contributed by atoms with Crippen molar-refractivity contribution in [3.05, 3.63) is 34.9 Å². The highest BCUT2D eigenvalue weighted by Gasteiger charge is 2.13. The zero-order chi connectivity index (χ0) is 11.3. The second-order valence-corrected chi connectivity index (χ2v) is 3.91. The molecule has 4 N–H and O–H groups in total. The molecule has 1 aromatic rings. The van der Waals surface area contributed by atoms with Gasteiger partial charge in [0.1, 0.15) is 0 Å². The van der Waals surface area contributed by atoms with Crippen molar-refractivity contribution in [3.63, 3.8) is 0 Å². The first kappa shape index (κ1) is 15.2. The molecule has 0 radical (unpaired) electrons. The maximum absolute atomic E-state index is 10.5. The molecule has 0 spiro atoms. The molecule has 0 heterocycles. The van der Waals surface area contributed by atoms with Gasteiger partial charge < -0.3 is 23.2 Å². The first-order valence-corrected chi connectivity index (χ1v) is 5.27. The third-order valence-electron chi connectivity index (χ3n) is 2.40. The van der Waals surface area contributed by atoms with Crippen molar-refractivity contribution in [2.45, 2.75) is 18.8 Å². The second-order valence-electron chi connectivity index (χ2n) is 3.47. The lowest BCUT2D eigenvalue weighted by molar-refractivity contribution is -0.372. The Morgan fingerprint density at radius 2 is 1.94 bits per heavy atom. The van der Waals surface area contributed by atoms with Crippen molar-refractivity contribution in [1.82, 2.24) is 0 Å². The van der Waals surface area contributed by atoms with Crippen LogP contribution in [-0.2, 0) is 4.79 Å². The highest BCUT2D eigenvalue weighted by atomic mass is 35.5. The number of halogens is 2. The Morgan fingerprint density at radius 3 is 2.38 bits per heavy atom. The molecule has 0 aliphatic rings. The van der Waals surface area contributed by atoms with Crippen molar-refractivity contribution in [2.24, 2.45) is 0 Å². The summed E-state index contributed by atoms with van der Waals surface area (Å²) in [4.78, 5) is 10.5. The van der Waals surface area contributed by atoms with Crippen LogP contribution < -0.4 is 18.1 Å². The van der Waals surface area contributed by atoms with Crippen LogP contribution in [0.1, 0.15) is 24.3 Å². The van der Waals surface area contributed by atoms with E-state index in [1.807, 2.05) is 24.3 Å². The van der Waals surface area contributed by atoms with Gasteiger partial charge in [-0.05, 0) is 24.1 Å². The molecule has 3 nitrogen and oxygen atoms in total. The molecule has 0 fully saturated rings. The number of aliphatic carboxylic acids is 1. The Hall–Kier alpha value is -0.770. The lowest BCUT2D eigenvalue weighted by Crippen LogP contribution is -3.00. The van der Waals surface area contributed by atoms with Gasteiger partial charge in [-0.15, -0.1) is 0 Å². The Kier molecular flexibility index (Phi) is 7.13. The summed E-state index contributed by atoms with van der Waals surface area (Å²) >= 11 is 5.78. The summed E-state index contributed by atoms with van der Waals surface area (Å²) in [6.07, 6.45) is 0.809. The highest BCUT2D eigenvalue weighted by molar-refractivity contribution is 6.30. The summed E-state index contributed by atoms with van der Waals surface area (Å²) in [6, 6.07) is 7.50. The molecule has 1 unspecified atom stereocenters. The van der Waals surface area contributed by atoms with Gasteiger partial charge in [0, 0.05) is 17.4 Å². The molecule has 0 amide bonds. The second kappa shape index (κ2) is 7.49. The predicted molar refractivity (Wildman–Crippen MR) is 58.8 cm³/mol. The predicted octanol–water partition coefficient (Wildman–Crippen LogP) is -1.47. The number of rotatable bonds is 5. The summed E-state index contributed by atoms with van der Waals surface area (Å²) < 4.78 is 0. The monoisotopic (exact) mass is 263 g/mol. The number of hydrogen-bond donors (Lipinski definition) is 2. The van der Waals surface area contributed by atoms with Gasteiger partial charge in [-0.1, -0.05) is 23.7 Å². The molecule has 1 aromatic carbocycles. The third-order valence-corrected chi connectivity index (χ3v) is 2.65. The van der Waals surface area contributed by atoms with E-state index < -0.39 is 5.97 Å². The minimum absolute atomic E-state index is 0. The molecule has 0 saturated carbocycles. The van der Waals surface area contributed by atoms with Crippen molar-refractivity contribution in [3.8, 4) is 0 Å². The first-order chi connectivity index (χ1) is 7.13. The summed E-state index contributed by atoms with van der Waals surface area (Å²) in [6.45, 7) is 0.703. The van der Waals surface area contributed by atoms with Crippen LogP contribution in [0.25, 0.3) is 0 Å². The van der Waals surface area contributed by atoms with Gasteiger partial charge in [-0.25, -0.2) is 0 Å². The Morgan fingerprint density at radius 1 is 1.38 bits per heavy atom. The molecule has 5 heteroatoms. The van der Waals surface area contributed by atoms with E-state index in [1.165, 1.54) is 0 Å². The molecule has 0 saturated heterocycles. The van der Waals surface area contributed by atoms with Crippen LogP contribution in [0.4, 0.5) is 0 Å². The van der Waals surface area contributed by atoms with Crippen LogP contribution in [0.2, 0.25) is 5.02 Å². The van der Waals surface area contributed by atoms with Crippen molar-refractivity contribution in [1.29, 1.82) is 0 Å². The Bertz CT molecular complexity index is 327. The minimum atomic E-state index is -0.762. The first-order valence-electron chi connectivity index (χ1n) is 4.90. The normalized spacial score (nSPS) is 11.6. The highest BCUT2D eigenvalue weighted by Crippen LogP contribution is 2.21. The van der Waals surface area contributed by atoms with Crippen LogP contribution >= 0.6 is 11.6 Å². The molecule has 0 aliphatic heterocycles. The van der Waals surface area contributed by atoms with Gasteiger partial charge in [-0.3, -0.25) is 4.79 Å². The van der Waals surface area contributed by atoms with E-state index in [-0.39, 0.29) is 24.7 Å². The molecular formula is C11H15Cl2NO2. The summed E-state index contributed by atoms with van der Waals surface area (Å²) in [5.74, 6) is -0.555. The molecule has 1 atom stereocenters. The molecular weight excluding hydrogens is 249 g/mol. The van der Waals surface area contributed by atoms with Crippen LogP contribution in [-0.4, -0.2) is 17.6 Å². The number of benzene rings is 1.